The first-order chi connectivity index (χ1) is 10.6. The molecule has 1 aromatic heterocycles. The van der Waals surface area contributed by atoms with Crippen molar-refractivity contribution in [2.24, 2.45) is 0 Å². The molecule has 0 aromatic carbocycles. The topological polar surface area (TPSA) is 57.7 Å². The normalized spacial score (nSPS) is 15.6. The van der Waals surface area contributed by atoms with Crippen molar-refractivity contribution in [3.63, 3.8) is 0 Å². The molecule has 0 saturated carbocycles. The van der Waals surface area contributed by atoms with Crippen LogP contribution in [0.25, 0.3) is 0 Å². The molecule has 1 N–H and O–H groups in total. The molecule has 1 aliphatic rings. The molecule has 1 fully saturated rings. The van der Waals surface area contributed by atoms with Gasteiger partial charge in [0.05, 0.1) is 30.1 Å². The third kappa shape index (κ3) is 4.98. The summed E-state index contributed by atoms with van der Waals surface area (Å²) in [7, 11) is 1.96. The van der Waals surface area contributed by atoms with E-state index in [4.69, 9.17) is 27.9 Å². The molecule has 8 heteroatoms. The van der Waals surface area contributed by atoms with Crippen LogP contribution in [-0.4, -0.2) is 68.1 Å². The number of halogens is 2. The lowest BCUT2D eigenvalue weighted by atomic mass is 10.3. The fraction of sp³-hybridized carbons (Fsp3) is 0.571. The van der Waals surface area contributed by atoms with Crippen molar-refractivity contribution < 1.29 is 9.53 Å². The Bertz CT molecular complexity index is 510. The summed E-state index contributed by atoms with van der Waals surface area (Å²) in [5.74, 6) is 0.347. The molecule has 0 atom stereocenters. The Kier molecular flexibility index (Phi) is 6.70. The summed E-state index contributed by atoms with van der Waals surface area (Å²) in [5.41, 5.74) is 0.524. The third-order valence-electron chi connectivity index (χ3n) is 3.48. The molecule has 6 nitrogen and oxygen atoms in total. The minimum Gasteiger partial charge on any atom is -0.379 e. The van der Waals surface area contributed by atoms with Crippen LogP contribution in [-0.2, 0) is 9.53 Å². The molecule has 1 aliphatic heterocycles. The highest BCUT2D eigenvalue weighted by molar-refractivity contribution is 6.34. The molecule has 1 saturated heterocycles. The van der Waals surface area contributed by atoms with Gasteiger partial charge < -0.3 is 15.0 Å². The number of ether oxygens (including phenoxy) is 1. The Labute approximate surface area is 140 Å². The third-order valence-corrected chi connectivity index (χ3v) is 4.03. The van der Waals surface area contributed by atoms with E-state index in [2.05, 4.69) is 15.2 Å². The molecule has 2 heterocycles. The number of alkyl halides is 1. The van der Waals surface area contributed by atoms with Crippen LogP contribution in [0.3, 0.4) is 0 Å². The van der Waals surface area contributed by atoms with E-state index in [1.807, 2.05) is 11.9 Å². The van der Waals surface area contributed by atoms with Crippen LogP contribution in [0, 0.1) is 0 Å². The number of nitrogens with one attached hydrogen (secondary N) is 1. The number of carbonyl (C=O) groups excluding carboxylic acids is 1. The second kappa shape index (κ2) is 8.53. The molecule has 1 amide bonds. The van der Waals surface area contributed by atoms with E-state index >= 15 is 0 Å². The average molecular weight is 347 g/mol. The fourth-order valence-corrected chi connectivity index (χ4v) is 2.36. The van der Waals surface area contributed by atoms with E-state index in [9.17, 15) is 4.79 Å². The van der Waals surface area contributed by atoms with Crippen molar-refractivity contribution in [3.05, 3.63) is 17.3 Å². The molecule has 1 aromatic rings. The highest BCUT2D eigenvalue weighted by atomic mass is 35.5. The van der Waals surface area contributed by atoms with Crippen LogP contribution in [0.15, 0.2) is 12.3 Å². The van der Waals surface area contributed by atoms with Crippen LogP contribution in [0.4, 0.5) is 11.5 Å². The number of anilines is 2. The van der Waals surface area contributed by atoms with Crippen molar-refractivity contribution in [2.75, 3.05) is 62.5 Å². The van der Waals surface area contributed by atoms with Crippen LogP contribution in [0.2, 0.25) is 5.02 Å². The van der Waals surface area contributed by atoms with Gasteiger partial charge in [-0.1, -0.05) is 11.6 Å². The number of likely N-dealkylation sites (N-methyl/N-ethyl adjacent to an activating group) is 1. The Balaban J connectivity index is 1.95. The van der Waals surface area contributed by atoms with Crippen LogP contribution >= 0.6 is 23.2 Å². The van der Waals surface area contributed by atoms with Crippen molar-refractivity contribution in [2.45, 2.75) is 0 Å². The van der Waals surface area contributed by atoms with Gasteiger partial charge in [0, 0.05) is 39.3 Å². The number of hydrogen-bond donors (Lipinski definition) is 1. The number of amides is 1. The van der Waals surface area contributed by atoms with Crippen molar-refractivity contribution >= 4 is 40.6 Å². The van der Waals surface area contributed by atoms with Crippen molar-refractivity contribution in [1.82, 2.24) is 9.88 Å². The highest BCUT2D eigenvalue weighted by Crippen LogP contribution is 2.24. The van der Waals surface area contributed by atoms with Gasteiger partial charge in [-0.2, -0.15) is 0 Å². The zero-order valence-corrected chi connectivity index (χ0v) is 14.0. The fourth-order valence-electron chi connectivity index (χ4n) is 2.15. The van der Waals surface area contributed by atoms with Gasteiger partial charge >= 0.3 is 0 Å². The Morgan fingerprint density at radius 1 is 1.50 bits per heavy atom. The van der Waals surface area contributed by atoms with Gasteiger partial charge in [-0.3, -0.25) is 9.69 Å². The molecule has 122 valence electrons. The lowest BCUT2D eigenvalue weighted by Gasteiger charge is -2.29. The lowest BCUT2D eigenvalue weighted by Crippen LogP contribution is -2.40. The molecule has 2 rings (SSSR count). The number of hydrogen-bond acceptors (Lipinski definition) is 5. The second-order valence-corrected chi connectivity index (χ2v) is 5.75. The monoisotopic (exact) mass is 346 g/mol. The highest BCUT2D eigenvalue weighted by Gasteiger charge is 2.13. The average Bonchev–Trinajstić information content (AvgIpc) is 2.55. The number of nitrogens with zero attached hydrogens (tertiary/aromatic N) is 3. The first-order valence-corrected chi connectivity index (χ1v) is 8.04. The summed E-state index contributed by atoms with van der Waals surface area (Å²) in [6.07, 6.45) is 1.53. The largest absolute Gasteiger partial charge is 0.379 e. The van der Waals surface area contributed by atoms with Crippen LogP contribution in [0.5, 0.6) is 0 Å². The molecule has 0 unspecified atom stereocenters. The zero-order valence-electron chi connectivity index (χ0n) is 12.5. The van der Waals surface area contributed by atoms with Crippen molar-refractivity contribution in [1.29, 1.82) is 0 Å². The van der Waals surface area contributed by atoms with E-state index in [0.717, 1.165) is 45.2 Å². The molecular formula is C14H20Cl2N4O2. The summed E-state index contributed by atoms with van der Waals surface area (Å²) in [5, 5.41) is 3.06. The molecule has 0 bridgehead atoms. The molecule has 0 spiro atoms. The first kappa shape index (κ1) is 17.3. The SMILES string of the molecule is CN(CCN1CCOCC1)c1cc(NC(=O)CCl)c(Cl)cn1. The summed E-state index contributed by atoms with van der Waals surface area (Å²) >= 11 is 11.5. The van der Waals surface area contributed by atoms with Gasteiger partial charge in [0.1, 0.15) is 11.7 Å². The van der Waals surface area contributed by atoms with E-state index in [-0.39, 0.29) is 11.8 Å². The molecule has 0 radical (unpaired) electrons. The standard InChI is InChI=1S/C14H20Cl2N4O2/c1-19(2-3-20-4-6-22-7-5-20)13-8-12(11(16)10-17-13)18-14(21)9-15/h8,10H,2-7,9H2,1H3,(H,17,18,21). The predicted octanol–water partition coefficient (Wildman–Crippen LogP) is 1.68. The molecule has 22 heavy (non-hydrogen) atoms. The Morgan fingerprint density at radius 2 is 2.23 bits per heavy atom. The van der Waals surface area contributed by atoms with Gasteiger partial charge in [-0.25, -0.2) is 4.98 Å². The zero-order chi connectivity index (χ0) is 15.9. The lowest BCUT2D eigenvalue weighted by molar-refractivity contribution is -0.113. The van der Waals surface area contributed by atoms with Crippen LogP contribution < -0.4 is 10.2 Å². The maximum atomic E-state index is 11.4. The summed E-state index contributed by atoms with van der Waals surface area (Å²) in [6, 6.07) is 1.76. The van der Waals surface area contributed by atoms with Gasteiger partial charge in [0.15, 0.2) is 0 Å². The Hall–Kier alpha value is -1.08. The minimum absolute atomic E-state index is 0.110. The maximum absolute atomic E-state index is 11.4. The van der Waals surface area contributed by atoms with E-state index < -0.39 is 0 Å². The quantitative estimate of drug-likeness (QED) is 0.794. The van der Waals surface area contributed by atoms with Crippen LogP contribution in [0.1, 0.15) is 0 Å². The number of rotatable bonds is 6. The minimum atomic E-state index is -0.295. The molecule has 0 aliphatic carbocycles. The number of aromatic nitrogens is 1. The Morgan fingerprint density at radius 3 is 2.91 bits per heavy atom. The van der Waals surface area contributed by atoms with Crippen molar-refractivity contribution in [3.8, 4) is 0 Å². The summed E-state index contributed by atoms with van der Waals surface area (Å²) in [6.45, 7) is 5.26. The first-order valence-electron chi connectivity index (χ1n) is 7.12. The maximum Gasteiger partial charge on any atom is 0.239 e. The summed E-state index contributed by atoms with van der Waals surface area (Å²) in [4.78, 5) is 20.1. The number of pyridine rings is 1. The van der Waals surface area contributed by atoms with E-state index in [1.165, 1.54) is 6.20 Å². The van der Waals surface area contributed by atoms with E-state index in [0.29, 0.717) is 10.7 Å². The van der Waals surface area contributed by atoms with Gasteiger partial charge in [0.2, 0.25) is 5.91 Å². The smallest absolute Gasteiger partial charge is 0.239 e. The predicted molar refractivity (Wildman–Crippen MR) is 89.1 cm³/mol. The number of morpholine rings is 1. The number of carbonyl (C=O) groups is 1. The second-order valence-electron chi connectivity index (χ2n) is 5.08. The molecular weight excluding hydrogens is 327 g/mol. The van der Waals surface area contributed by atoms with Gasteiger partial charge in [0.25, 0.3) is 0 Å². The van der Waals surface area contributed by atoms with Gasteiger partial charge in [-0.05, 0) is 0 Å². The van der Waals surface area contributed by atoms with E-state index in [1.54, 1.807) is 6.07 Å². The summed E-state index contributed by atoms with van der Waals surface area (Å²) < 4.78 is 5.33. The van der Waals surface area contributed by atoms with Gasteiger partial charge in [-0.15, -0.1) is 11.6 Å².